The first-order chi connectivity index (χ1) is 11.3. The van der Waals surface area contributed by atoms with Crippen LogP contribution < -0.4 is 16.4 Å². The number of hydrogen-bond donors (Lipinski definition) is 3. The molecule has 2 aromatic rings. The lowest BCUT2D eigenvalue weighted by atomic mass is 10.0. The second kappa shape index (κ2) is 7.64. The van der Waals surface area contributed by atoms with Gasteiger partial charge in [-0.2, -0.15) is 0 Å². The third-order valence-corrected chi connectivity index (χ3v) is 3.76. The number of nitrogens with two attached hydrogens (primary N) is 1. The fourth-order valence-electron chi connectivity index (χ4n) is 2.61. The van der Waals surface area contributed by atoms with Gasteiger partial charge in [0.1, 0.15) is 0 Å². The van der Waals surface area contributed by atoms with Crippen LogP contribution in [0.2, 0.25) is 0 Å². The Morgan fingerprint density at radius 3 is 2.38 bits per heavy atom. The highest BCUT2D eigenvalue weighted by molar-refractivity contribution is 5.92. The number of benzene rings is 2. The summed E-state index contributed by atoms with van der Waals surface area (Å²) < 4.78 is 0. The van der Waals surface area contributed by atoms with E-state index < -0.39 is 5.91 Å². The zero-order valence-corrected chi connectivity index (χ0v) is 14.2. The van der Waals surface area contributed by atoms with Crippen LogP contribution in [0.4, 0.5) is 4.79 Å². The average molecular weight is 325 g/mol. The Morgan fingerprint density at radius 1 is 1.08 bits per heavy atom. The van der Waals surface area contributed by atoms with Gasteiger partial charge in [0.05, 0.1) is 6.04 Å². The van der Waals surface area contributed by atoms with E-state index in [0.29, 0.717) is 12.1 Å². The van der Waals surface area contributed by atoms with Crippen molar-refractivity contribution in [1.82, 2.24) is 10.6 Å². The van der Waals surface area contributed by atoms with Crippen LogP contribution >= 0.6 is 0 Å². The van der Waals surface area contributed by atoms with E-state index >= 15 is 0 Å². The van der Waals surface area contributed by atoms with E-state index in [0.717, 1.165) is 11.1 Å². The van der Waals surface area contributed by atoms with E-state index in [4.69, 9.17) is 5.73 Å². The molecule has 5 heteroatoms. The normalized spacial score (nSPS) is 11.6. The summed E-state index contributed by atoms with van der Waals surface area (Å²) >= 11 is 0. The van der Waals surface area contributed by atoms with Crippen molar-refractivity contribution in [2.45, 2.75) is 33.4 Å². The molecule has 0 aliphatic heterocycles. The number of carbonyl (C=O) groups excluding carboxylic acids is 2. The van der Waals surface area contributed by atoms with Crippen molar-refractivity contribution in [3.8, 4) is 0 Å². The van der Waals surface area contributed by atoms with Crippen LogP contribution in [0.1, 0.15) is 45.6 Å². The van der Waals surface area contributed by atoms with Crippen LogP contribution in [0.15, 0.2) is 42.5 Å². The van der Waals surface area contributed by atoms with Crippen LogP contribution in [-0.2, 0) is 6.54 Å². The number of carbonyl (C=O) groups is 2. The smallest absolute Gasteiger partial charge is 0.315 e. The van der Waals surface area contributed by atoms with E-state index in [-0.39, 0.29) is 12.1 Å². The standard InChI is InChI=1S/C19H23N3O2/c1-12-7-13(2)9-17(8-12)14(3)22-19(24)21-11-15-5-4-6-16(10-15)18(20)23/h4-10,14H,11H2,1-3H3,(H2,20,23)(H2,21,22,24). The second-order valence-electron chi connectivity index (χ2n) is 6.03. The van der Waals surface area contributed by atoms with Gasteiger partial charge in [-0.05, 0) is 44.0 Å². The molecule has 0 aliphatic carbocycles. The maximum Gasteiger partial charge on any atom is 0.315 e. The summed E-state index contributed by atoms with van der Waals surface area (Å²) in [6.45, 7) is 6.35. The summed E-state index contributed by atoms with van der Waals surface area (Å²) in [5.74, 6) is -0.482. The van der Waals surface area contributed by atoms with Gasteiger partial charge in [-0.25, -0.2) is 4.79 Å². The highest BCUT2D eigenvalue weighted by Gasteiger charge is 2.10. The molecule has 0 aliphatic rings. The van der Waals surface area contributed by atoms with Crippen LogP contribution in [0.3, 0.4) is 0 Å². The minimum absolute atomic E-state index is 0.0967. The number of primary amides is 1. The molecule has 24 heavy (non-hydrogen) atoms. The molecule has 0 saturated heterocycles. The molecule has 1 atom stereocenters. The van der Waals surface area contributed by atoms with Crippen molar-refractivity contribution in [3.05, 3.63) is 70.3 Å². The maximum absolute atomic E-state index is 12.1. The quantitative estimate of drug-likeness (QED) is 0.789. The first-order valence-corrected chi connectivity index (χ1v) is 7.86. The Bertz CT molecular complexity index is 736. The molecule has 2 rings (SSSR count). The molecule has 0 bridgehead atoms. The molecule has 5 nitrogen and oxygen atoms in total. The van der Waals surface area contributed by atoms with Crippen molar-refractivity contribution in [2.75, 3.05) is 0 Å². The van der Waals surface area contributed by atoms with Gasteiger partial charge in [0, 0.05) is 12.1 Å². The summed E-state index contributed by atoms with van der Waals surface area (Å²) in [7, 11) is 0. The van der Waals surface area contributed by atoms with E-state index in [1.807, 2.05) is 26.8 Å². The summed E-state index contributed by atoms with van der Waals surface area (Å²) in [6, 6.07) is 12.8. The van der Waals surface area contributed by atoms with Crippen LogP contribution in [0.5, 0.6) is 0 Å². The molecule has 126 valence electrons. The SMILES string of the molecule is Cc1cc(C)cc(C(C)NC(=O)NCc2cccc(C(N)=O)c2)c1. The molecule has 3 amide bonds. The molecule has 1 unspecified atom stereocenters. The van der Waals surface area contributed by atoms with Gasteiger partial charge in [-0.15, -0.1) is 0 Å². The molecule has 0 aromatic heterocycles. The van der Waals surface area contributed by atoms with E-state index in [2.05, 4.69) is 28.8 Å². The molecule has 0 fully saturated rings. The van der Waals surface area contributed by atoms with Crippen LogP contribution in [0, 0.1) is 13.8 Å². The zero-order chi connectivity index (χ0) is 17.7. The lowest BCUT2D eigenvalue weighted by molar-refractivity contribution is 0.1000. The van der Waals surface area contributed by atoms with Crippen LogP contribution in [-0.4, -0.2) is 11.9 Å². The number of rotatable bonds is 5. The fourth-order valence-corrected chi connectivity index (χ4v) is 2.61. The number of hydrogen-bond acceptors (Lipinski definition) is 2. The first kappa shape index (κ1) is 17.5. The van der Waals surface area contributed by atoms with Gasteiger partial charge in [0.2, 0.25) is 5.91 Å². The highest BCUT2D eigenvalue weighted by atomic mass is 16.2. The lowest BCUT2D eigenvalue weighted by Crippen LogP contribution is -2.36. The van der Waals surface area contributed by atoms with Gasteiger partial charge in [-0.1, -0.05) is 41.5 Å². The number of nitrogens with one attached hydrogen (secondary N) is 2. The monoisotopic (exact) mass is 325 g/mol. The highest BCUT2D eigenvalue weighted by Crippen LogP contribution is 2.16. The summed E-state index contributed by atoms with van der Waals surface area (Å²) in [5, 5.41) is 5.71. The van der Waals surface area contributed by atoms with E-state index in [1.165, 1.54) is 11.1 Å². The van der Waals surface area contributed by atoms with Crippen LogP contribution in [0.25, 0.3) is 0 Å². The largest absolute Gasteiger partial charge is 0.366 e. The Kier molecular flexibility index (Phi) is 5.58. The second-order valence-corrected chi connectivity index (χ2v) is 6.03. The predicted octanol–water partition coefficient (Wildman–Crippen LogP) is 2.96. The molecular weight excluding hydrogens is 302 g/mol. The van der Waals surface area contributed by atoms with Gasteiger partial charge in [-0.3, -0.25) is 4.79 Å². The Balaban J connectivity index is 1.93. The minimum atomic E-state index is -0.482. The third-order valence-electron chi connectivity index (χ3n) is 3.76. The molecule has 0 saturated carbocycles. The Hall–Kier alpha value is -2.82. The van der Waals surface area contributed by atoms with Gasteiger partial charge >= 0.3 is 6.03 Å². The van der Waals surface area contributed by atoms with Crippen molar-refractivity contribution >= 4 is 11.9 Å². The average Bonchev–Trinajstić information content (AvgIpc) is 2.52. The number of urea groups is 1. The summed E-state index contributed by atoms with van der Waals surface area (Å²) in [5.41, 5.74) is 9.91. The summed E-state index contributed by atoms with van der Waals surface area (Å²) in [6.07, 6.45) is 0. The minimum Gasteiger partial charge on any atom is -0.366 e. The molecular formula is C19H23N3O2. The zero-order valence-electron chi connectivity index (χ0n) is 14.2. The Labute approximate surface area is 142 Å². The molecule has 0 heterocycles. The van der Waals surface area contributed by atoms with Crippen molar-refractivity contribution < 1.29 is 9.59 Å². The number of aryl methyl sites for hydroxylation is 2. The topological polar surface area (TPSA) is 84.2 Å². The molecule has 4 N–H and O–H groups in total. The van der Waals surface area contributed by atoms with Crippen molar-refractivity contribution in [1.29, 1.82) is 0 Å². The number of amides is 3. The van der Waals surface area contributed by atoms with Crippen molar-refractivity contribution in [3.63, 3.8) is 0 Å². The summed E-state index contributed by atoms with van der Waals surface area (Å²) in [4.78, 5) is 23.2. The van der Waals surface area contributed by atoms with Gasteiger partial charge < -0.3 is 16.4 Å². The van der Waals surface area contributed by atoms with Gasteiger partial charge in [0.15, 0.2) is 0 Å². The van der Waals surface area contributed by atoms with Crippen molar-refractivity contribution in [2.24, 2.45) is 5.73 Å². The first-order valence-electron chi connectivity index (χ1n) is 7.86. The fraction of sp³-hybridized carbons (Fsp3) is 0.263. The predicted molar refractivity (Wildman–Crippen MR) is 94.7 cm³/mol. The third kappa shape index (κ3) is 4.84. The molecule has 2 aromatic carbocycles. The molecule has 0 radical (unpaired) electrons. The Morgan fingerprint density at radius 2 is 1.75 bits per heavy atom. The lowest BCUT2D eigenvalue weighted by Gasteiger charge is -2.16. The molecule has 0 spiro atoms. The van der Waals surface area contributed by atoms with E-state index in [9.17, 15) is 9.59 Å². The van der Waals surface area contributed by atoms with Gasteiger partial charge in [0.25, 0.3) is 0 Å². The van der Waals surface area contributed by atoms with E-state index in [1.54, 1.807) is 18.2 Å². The maximum atomic E-state index is 12.1.